The second kappa shape index (κ2) is 6.29. The number of benzene rings is 2. The minimum Gasteiger partial charge on any atom is -0.504 e. The zero-order chi connectivity index (χ0) is 16.4. The van der Waals surface area contributed by atoms with E-state index < -0.39 is 0 Å². The van der Waals surface area contributed by atoms with E-state index in [0.717, 1.165) is 29.8 Å². The monoisotopic (exact) mass is 306 g/mol. The molecule has 0 aliphatic rings. The molecule has 0 aliphatic carbocycles. The molecule has 3 heteroatoms. The lowest BCUT2D eigenvalue weighted by Crippen LogP contribution is -2.02. The Kier molecular flexibility index (Phi) is 4.20. The van der Waals surface area contributed by atoms with Gasteiger partial charge in [0, 0.05) is 5.56 Å². The van der Waals surface area contributed by atoms with Crippen molar-refractivity contribution in [3.63, 3.8) is 0 Å². The minimum absolute atomic E-state index is 0.288. The summed E-state index contributed by atoms with van der Waals surface area (Å²) in [6.45, 7) is 6.23. The molecule has 0 spiro atoms. The Hall–Kier alpha value is -2.55. The van der Waals surface area contributed by atoms with Gasteiger partial charge in [0.05, 0.1) is 11.4 Å². The van der Waals surface area contributed by atoms with Gasteiger partial charge in [0.15, 0.2) is 5.75 Å². The molecule has 0 unspecified atom stereocenters. The van der Waals surface area contributed by atoms with Crippen molar-refractivity contribution in [3.8, 4) is 22.7 Å². The molecule has 0 saturated heterocycles. The number of hydrogen-bond acceptors (Lipinski definition) is 2. The van der Waals surface area contributed by atoms with Gasteiger partial charge in [0.2, 0.25) is 0 Å². The van der Waals surface area contributed by atoms with Crippen LogP contribution in [0.1, 0.15) is 30.2 Å². The number of rotatable bonds is 4. The molecule has 0 aliphatic heterocycles. The number of aromatic hydroxyl groups is 1. The molecule has 0 radical (unpaired) electrons. The van der Waals surface area contributed by atoms with Crippen LogP contribution in [0.25, 0.3) is 16.9 Å². The van der Waals surface area contributed by atoms with E-state index in [1.165, 1.54) is 11.1 Å². The second-order valence-electron chi connectivity index (χ2n) is 6.01. The van der Waals surface area contributed by atoms with Crippen LogP contribution < -0.4 is 0 Å². The Labute approximate surface area is 137 Å². The van der Waals surface area contributed by atoms with Gasteiger partial charge in [-0.3, -0.25) is 0 Å². The van der Waals surface area contributed by atoms with Crippen LogP contribution in [0.2, 0.25) is 0 Å². The third-order valence-electron chi connectivity index (χ3n) is 4.04. The van der Waals surface area contributed by atoms with Crippen molar-refractivity contribution in [1.29, 1.82) is 0 Å². The van der Waals surface area contributed by atoms with Crippen LogP contribution in [-0.2, 0) is 6.42 Å². The summed E-state index contributed by atoms with van der Waals surface area (Å²) < 4.78 is 1.87. The summed E-state index contributed by atoms with van der Waals surface area (Å²) in [7, 11) is 0. The molecule has 1 aromatic heterocycles. The fraction of sp³-hybridized carbons (Fsp3) is 0.250. The molecule has 3 aromatic rings. The topological polar surface area (TPSA) is 38.1 Å². The molecule has 23 heavy (non-hydrogen) atoms. The lowest BCUT2D eigenvalue weighted by Gasteiger charge is -2.07. The third kappa shape index (κ3) is 3.00. The van der Waals surface area contributed by atoms with Gasteiger partial charge < -0.3 is 5.11 Å². The van der Waals surface area contributed by atoms with E-state index >= 15 is 0 Å². The first kappa shape index (κ1) is 15.3. The van der Waals surface area contributed by atoms with Gasteiger partial charge in [-0.2, -0.15) is 5.10 Å². The van der Waals surface area contributed by atoms with E-state index in [1.54, 1.807) is 0 Å². The maximum absolute atomic E-state index is 10.7. The molecule has 3 nitrogen and oxygen atoms in total. The first-order valence-corrected chi connectivity index (χ1v) is 8.05. The average molecular weight is 306 g/mol. The zero-order valence-corrected chi connectivity index (χ0v) is 13.9. The summed E-state index contributed by atoms with van der Waals surface area (Å²) in [6, 6.07) is 16.3. The van der Waals surface area contributed by atoms with Crippen LogP contribution in [-0.4, -0.2) is 14.9 Å². The van der Waals surface area contributed by atoms with Crippen LogP contribution in [0.4, 0.5) is 0 Å². The molecule has 3 rings (SSSR count). The van der Waals surface area contributed by atoms with E-state index in [2.05, 4.69) is 32.9 Å². The van der Waals surface area contributed by atoms with Crippen LogP contribution >= 0.6 is 0 Å². The van der Waals surface area contributed by atoms with Crippen molar-refractivity contribution >= 4 is 0 Å². The quantitative estimate of drug-likeness (QED) is 0.751. The minimum atomic E-state index is 0.288. The summed E-state index contributed by atoms with van der Waals surface area (Å²) in [5, 5.41) is 15.4. The van der Waals surface area contributed by atoms with E-state index in [0.29, 0.717) is 5.69 Å². The predicted octanol–water partition coefficient (Wildman–Crippen LogP) is 4.81. The summed E-state index contributed by atoms with van der Waals surface area (Å²) in [5.41, 5.74) is 5.84. The van der Waals surface area contributed by atoms with Gasteiger partial charge in [-0.05, 0) is 32.4 Å². The third-order valence-corrected chi connectivity index (χ3v) is 4.04. The molecule has 1 heterocycles. The molecular weight excluding hydrogens is 284 g/mol. The SMILES string of the molecule is CCCc1c(O)c(-c2ccc(C)cc2)nn1-c1ccc(C)cc1. The van der Waals surface area contributed by atoms with Crippen LogP contribution in [0.15, 0.2) is 48.5 Å². The highest BCUT2D eigenvalue weighted by atomic mass is 16.3. The Morgan fingerprint density at radius 2 is 1.48 bits per heavy atom. The molecule has 1 N–H and O–H groups in total. The summed E-state index contributed by atoms with van der Waals surface area (Å²) in [5.74, 6) is 0.288. The van der Waals surface area contributed by atoms with Crippen LogP contribution in [0.3, 0.4) is 0 Å². The van der Waals surface area contributed by atoms with Crippen molar-refractivity contribution in [2.24, 2.45) is 0 Å². The molecule has 0 bridgehead atoms. The molecule has 0 saturated carbocycles. The highest BCUT2D eigenvalue weighted by Gasteiger charge is 2.18. The number of aryl methyl sites for hydroxylation is 2. The fourth-order valence-electron chi connectivity index (χ4n) is 2.71. The lowest BCUT2D eigenvalue weighted by molar-refractivity contribution is 0.468. The van der Waals surface area contributed by atoms with E-state index in [-0.39, 0.29) is 5.75 Å². The predicted molar refractivity (Wildman–Crippen MR) is 94.1 cm³/mol. The fourth-order valence-corrected chi connectivity index (χ4v) is 2.71. The van der Waals surface area contributed by atoms with Crippen molar-refractivity contribution in [3.05, 3.63) is 65.4 Å². The highest BCUT2D eigenvalue weighted by Crippen LogP contribution is 2.34. The van der Waals surface area contributed by atoms with Gasteiger partial charge in [-0.15, -0.1) is 0 Å². The van der Waals surface area contributed by atoms with Gasteiger partial charge in [-0.1, -0.05) is 60.9 Å². The molecule has 0 amide bonds. The van der Waals surface area contributed by atoms with Crippen LogP contribution in [0, 0.1) is 13.8 Å². The highest BCUT2D eigenvalue weighted by molar-refractivity contribution is 5.68. The maximum atomic E-state index is 10.7. The molecule has 2 aromatic carbocycles. The smallest absolute Gasteiger partial charge is 0.165 e. The Bertz CT molecular complexity index is 799. The standard InChI is InChI=1S/C20H22N2O/c1-4-5-18-20(23)19(16-10-6-14(2)7-11-16)21-22(18)17-12-8-15(3)9-13-17/h6-13,23H,4-5H2,1-3H3. The normalized spacial score (nSPS) is 10.9. The Morgan fingerprint density at radius 1 is 0.913 bits per heavy atom. The van der Waals surface area contributed by atoms with Crippen molar-refractivity contribution in [1.82, 2.24) is 9.78 Å². The van der Waals surface area contributed by atoms with Crippen LogP contribution in [0.5, 0.6) is 5.75 Å². The molecule has 118 valence electrons. The number of hydrogen-bond donors (Lipinski definition) is 1. The number of aromatic nitrogens is 2. The largest absolute Gasteiger partial charge is 0.504 e. The molecular formula is C20H22N2O. The zero-order valence-electron chi connectivity index (χ0n) is 13.9. The first-order chi connectivity index (χ1) is 11.1. The molecule has 0 fully saturated rings. The first-order valence-electron chi connectivity index (χ1n) is 8.05. The summed E-state index contributed by atoms with van der Waals surface area (Å²) >= 11 is 0. The van der Waals surface area contributed by atoms with Gasteiger partial charge in [0.1, 0.15) is 5.69 Å². The van der Waals surface area contributed by atoms with E-state index in [9.17, 15) is 5.11 Å². The van der Waals surface area contributed by atoms with Crippen molar-refractivity contribution in [2.75, 3.05) is 0 Å². The summed E-state index contributed by atoms with van der Waals surface area (Å²) in [4.78, 5) is 0. The average Bonchev–Trinajstić information content (AvgIpc) is 2.87. The Morgan fingerprint density at radius 3 is 2.04 bits per heavy atom. The van der Waals surface area contributed by atoms with E-state index in [4.69, 9.17) is 5.10 Å². The Balaban J connectivity index is 2.14. The van der Waals surface area contributed by atoms with Gasteiger partial charge in [0.25, 0.3) is 0 Å². The second-order valence-corrected chi connectivity index (χ2v) is 6.01. The van der Waals surface area contributed by atoms with Gasteiger partial charge >= 0.3 is 0 Å². The van der Waals surface area contributed by atoms with Crippen molar-refractivity contribution in [2.45, 2.75) is 33.6 Å². The maximum Gasteiger partial charge on any atom is 0.165 e. The van der Waals surface area contributed by atoms with Crippen molar-refractivity contribution < 1.29 is 5.11 Å². The van der Waals surface area contributed by atoms with Gasteiger partial charge in [-0.25, -0.2) is 4.68 Å². The summed E-state index contributed by atoms with van der Waals surface area (Å²) in [6.07, 6.45) is 1.75. The van der Waals surface area contributed by atoms with E-state index in [1.807, 2.05) is 41.1 Å². The number of nitrogens with zero attached hydrogens (tertiary/aromatic N) is 2. The molecule has 0 atom stereocenters. The lowest BCUT2D eigenvalue weighted by atomic mass is 10.1.